The number of amides is 1. The third kappa shape index (κ3) is 4.57. The molecular formula is C11H13Cl2N3O3. The van der Waals surface area contributed by atoms with Crippen LogP contribution in [0.3, 0.4) is 0 Å². The average Bonchev–Trinajstić information content (AvgIpc) is 2.26. The number of carbonyl (C=O) groups excluding carboxylic acids is 1. The highest BCUT2D eigenvalue weighted by Gasteiger charge is 2.15. The monoisotopic (exact) mass is 305 g/mol. The topological polar surface area (TPSA) is 84.3 Å². The summed E-state index contributed by atoms with van der Waals surface area (Å²) in [5.74, 6) is -0.222. The highest BCUT2D eigenvalue weighted by Crippen LogP contribution is 2.34. The number of nitrogens with one attached hydrogen (secondary N) is 2. The second-order valence-corrected chi connectivity index (χ2v) is 4.93. The lowest BCUT2D eigenvalue weighted by atomic mass is 10.2. The zero-order valence-corrected chi connectivity index (χ0v) is 11.9. The molecular weight excluding hydrogens is 293 g/mol. The fourth-order valence-electron chi connectivity index (χ4n) is 1.38. The van der Waals surface area contributed by atoms with Crippen molar-refractivity contribution in [2.24, 2.45) is 0 Å². The molecule has 0 aromatic heterocycles. The van der Waals surface area contributed by atoms with E-state index in [1.54, 1.807) is 0 Å². The van der Waals surface area contributed by atoms with Crippen molar-refractivity contribution in [1.82, 2.24) is 5.32 Å². The number of anilines is 1. The minimum Gasteiger partial charge on any atom is -0.374 e. The Balaban J connectivity index is 2.79. The maximum atomic E-state index is 11.5. The van der Waals surface area contributed by atoms with Gasteiger partial charge in [0.05, 0.1) is 27.2 Å². The van der Waals surface area contributed by atoms with Crippen LogP contribution in [0.1, 0.15) is 13.8 Å². The summed E-state index contributed by atoms with van der Waals surface area (Å²) < 4.78 is 0. The molecule has 0 spiro atoms. The summed E-state index contributed by atoms with van der Waals surface area (Å²) >= 11 is 11.8. The summed E-state index contributed by atoms with van der Waals surface area (Å²) in [4.78, 5) is 21.5. The molecule has 0 saturated carbocycles. The molecule has 0 atom stereocenters. The van der Waals surface area contributed by atoms with Crippen LogP contribution < -0.4 is 10.6 Å². The van der Waals surface area contributed by atoms with Crippen LogP contribution >= 0.6 is 23.2 Å². The van der Waals surface area contributed by atoms with Crippen LogP contribution in [0.15, 0.2) is 12.1 Å². The normalized spacial score (nSPS) is 10.4. The Hall–Kier alpha value is -1.53. The average molecular weight is 306 g/mol. The maximum absolute atomic E-state index is 11.5. The van der Waals surface area contributed by atoms with Crippen LogP contribution in [-0.4, -0.2) is 23.4 Å². The van der Waals surface area contributed by atoms with Crippen LogP contribution in [0, 0.1) is 10.1 Å². The highest BCUT2D eigenvalue weighted by molar-refractivity contribution is 6.39. The van der Waals surface area contributed by atoms with Crippen molar-refractivity contribution in [3.05, 3.63) is 32.3 Å². The predicted octanol–water partition coefficient (Wildman–Crippen LogP) is 2.84. The summed E-state index contributed by atoms with van der Waals surface area (Å²) in [7, 11) is 0. The van der Waals surface area contributed by atoms with Gasteiger partial charge < -0.3 is 10.6 Å². The van der Waals surface area contributed by atoms with Gasteiger partial charge in [-0.15, -0.1) is 0 Å². The molecule has 104 valence electrons. The minimum absolute atomic E-state index is 0.0184. The molecule has 1 rings (SSSR count). The van der Waals surface area contributed by atoms with Crippen LogP contribution in [0.25, 0.3) is 0 Å². The fraction of sp³-hybridized carbons (Fsp3) is 0.364. The molecule has 0 aliphatic heterocycles. The largest absolute Gasteiger partial charge is 0.374 e. The van der Waals surface area contributed by atoms with E-state index >= 15 is 0 Å². The number of nitrogens with zero attached hydrogens (tertiary/aromatic N) is 1. The Morgan fingerprint density at radius 3 is 2.32 bits per heavy atom. The standard InChI is InChI=1S/C11H13Cl2N3O3/c1-6(2)15-10(17)5-14-11-8(12)3-7(16(18)19)4-9(11)13/h3-4,6,14H,5H2,1-2H3,(H,15,17). The van der Waals surface area contributed by atoms with Gasteiger partial charge in [-0.2, -0.15) is 0 Å². The molecule has 2 N–H and O–H groups in total. The number of hydrogen-bond acceptors (Lipinski definition) is 4. The van der Waals surface area contributed by atoms with E-state index in [1.807, 2.05) is 13.8 Å². The van der Waals surface area contributed by atoms with Gasteiger partial charge in [0.15, 0.2) is 0 Å². The number of nitro benzene ring substituents is 1. The Morgan fingerprint density at radius 1 is 1.37 bits per heavy atom. The molecule has 0 fully saturated rings. The number of carbonyl (C=O) groups is 1. The predicted molar refractivity (Wildman–Crippen MR) is 74.9 cm³/mol. The summed E-state index contributed by atoms with van der Waals surface area (Å²) in [6.07, 6.45) is 0. The molecule has 0 heterocycles. The zero-order valence-electron chi connectivity index (χ0n) is 10.4. The summed E-state index contributed by atoms with van der Waals surface area (Å²) in [5, 5.41) is 16.2. The van der Waals surface area contributed by atoms with Gasteiger partial charge in [0.1, 0.15) is 0 Å². The highest BCUT2D eigenvalue weighted by atomic mass is 35.5. The molecule has 6 nitrogen and oxygen atoms in total. The van der Waals surface area contributed by atoms with Crippen LogP contribution in [0.4, 0.5) is 11.4 Å². The third-order valence-electron chi connectivity index (χ3n) is 2.11. The number of halogens is 2. The Kier molecular flexibility index (Phi) is 5.38. The van der Waals surface area contributed by atoms with Gasteiger partial charge in [-0.25, -0.2) is 0 Å². The number of non-ortho nitro benzene ring substituents is 1. The molecule has 19 heavy (non-hydrogen) atoms. The minimum atomic E-state index is -0.590. The van der Waals surface area contributed by atoms with Crippen LogP contribution in [0.5, 0.6) is 0 Å². The Labute approximate surface area is 120 Å². The van der Waals surface area contributed by atoms with Gasteiger partial charge in [0.25, 0.3) is 5.69 Å². The Bertz CT molecular complexity index is 483. The lowest BCUT2D eigenvalue weighted by Gasteiger charge is -2.12. The number of nitro groups is 1. The van der Waals surface area contributed by atoms with E-state index in [2.05, 4.69) is 10.6 Å². The molecule has 0 unspecified atom stereocenters. The second-order valence-electron chi connectivity index (χ2n) is 4.12. The van der Waals surface area contributed by atoms with E-state index in [4.69, 9.17) is 23.2 Å². The first-order valence-corrected chi connectivity index (χ1v) is 6.23. The third-order valence-corrected chi connectivity index (χ3v) is 2.71. The molecule has 1 amide bonds. The van der Waals surface area contributed by atoms with Crippen molar-refractivity contribution >= 4 is 40.5 Å². The first-order valence-electron chi connectivity index (χ1n) is 5.48. The van der Waals surface area contributed by atoms with Gasteiger partial charge in [0, 0.05) is 18.2 Å². The fourth-order valence-corrected chi connectivity index (χ4v) is 1.98. The van der Waals surface area contributed by atoms with Gasteiger partial charge in [0.2, 0.25) is 5.91 Å². The van der Waals surface area contributed by atoms with Gasteiger partial charge >= 0.3 is 0 Å². The summed E-state index contributed by atoms with van der Waals surface area (Å²) in [5.41, 5.74) is 0.0972. The maximum Gasteiger partial charge on any atom is 0.272 e. The zero-order chi connectivity index (χ0) is 14.6. The van der Waals surface area contributed by atoms with E-state index in [9.17, 15) is 14.9 Å². The lowest BCUT2D eigenvalue weighted by Crippen LogP contribution is -2.34. The summed E-state index contributed by atoms with van der Waals surface area (Å²) in [6.45, 7) is 3.66. The number of benzene rings is 1. The van der Waals surface area contributed by atoms with Crippen molar-refractivity contribution in [2.75, 3.05) is 11.9 Å². The van der Waals surface area contributed by atoms with Crippen molar-refractivity contribution < 1.29 is 9.72 Å². The van der Waals surface area contributed by atoms with Crippen LogP contribution in [0.2, 0.25) is 10.0 Å². The first kappa shape index (κ1) is 15.5. The van der Waals surface area contributed by atoms with E-state index in [-0.39, 0.29) is 34.2 Å². The molecule has 1 aromatic rings. The smallest absolute Gasteiger partial charge is 0.272 e. The number of hydrogen-bond donors (Lipinski definition) is 2. The van der Waals surface area contributed by atoms with Crippen LogP contribution in [-0.2, 0) is 4.79 Å². The van der Waals surface area contributed by atoms with E-state index < -0.39 is 4.92 Å². The van der Waals surface area contributed by atoms with E-state index in [0.29, 0.717) is 5.69 Å². The number of rotatable bonds is 5. The van der Waals surface area contributed by atoms with Gasteiger partial charge in [-0.1, -0.05) is 23.2 Å². The molecule has 0 aliphatic rings. The quantitative estimate of drug-likeness (QED) is 0.647. The lowest BCUT2D eigenvalue weighted by molar-refractivity contribution is -0.384. The molecule has 0 aliphatic carbocycles. The Morgan fingerprint density at radius 2 is 1.89 bits per heavy atom. The van der Waals surface area contributed by atoms with E-state index in [1.165, 1.54) is 12.1 Å². The van der Waals surface area contributed by atoms with Gasteiger partial charge in [-0.05, 0) is 13.8 Å². The van der Waals surface area contributed by atoms with E-state index in [0.717, 1.165) is 0 Å². The second kappa shape index (κ2) is 6.58. The molecule has 1 aromatic carbocycles. The molecule has 0 radical (unpaired) electrons. The van der Waals surface area contributed by atoms with Crippen molar-refractivity contribution in [3.8, 4) is 0 Å². The molecule has 8 heteroatoms. The SMILES string of the molecule is CC(C)NC(=O)CNc1c(Cl)cc([N+](=O)[O-])cc1Cl. The van der Waals surface area contributed by atoms with Crippen molar-refractivity contribution in [3.63, 3.8) is 0 Å². The van der Waals surface area contributed by atoms with Crippen molar-refractivity contribution in [1.29, 1.82) is 0 Å². The first-order chi connectivity index (χ1) is 8.81. The van der Waals surface area contributed by atoms with Crippen molar-refractivity contribution in [2.45, 2.75) is 19.9 Å². The van der Waals surface area contributed by atoms with Gasteiger partial charge in [-0.3, -0.25) is 14.9 Å². The summed E-state index contributed by atoms with van der Waals surface area (Å²) in [6, 6.07) is 2.38. The molecule has 0 saturated heterocycles. The molecule has 0 bridgehead atoms.